The van der Waals surface area contributed by atoms with Crippen molar-refractivity contribution < 1.29 is 0 Å². The van der Waals surface area contributed by atoms with Crippen molar-refractivity contribution in [1.82, 2.24) is 4.98 Å². The average Bonchev–Trinajstić information content (AvgIpc) is 2.37. The highest BCUT2D eigenvalue weighted by molar-refractivity contribution is 5.07. The van der Waals surface area contributed by atoms with Crippen molar-refractivity contribution in [3.05, 3.63) is 24.0 Å². The molecule has 1 heterocycles. The van der Waals surface area contributed by atoms with E-state index in [1.165, 1.54) is 0 Å². The Balaban J connectivity index is 2.76. The minimum absolute atomic E-state index is 0.0278. The number of aromatic amines is 1. The van der Waals surface area contributed by atoms with Crippen LogP contribution >= 0.6 is 0 Å². The molecule has 3 heteroatoms. The van der Waals surface area contributed by atoms with Crippen LogP contribution < -0.4 is 0 Å². The number of nitrogens with zero attached hydrogens (tertiary/aromatic N) is 1. The predicted molar refractivity (Wildman–Crippen MR) is 34.4 cm³/mol. The van der Waals surface area contributed by atoms with Gasteiger partial charge in [0.2, 0.25) is 0 Å². The molecule has 48 valence electrons. The molecule has 0 amide bonds. The van der Waals surface area contributed by atoms with E-state index in [9.17, 15) is 0 Å². The Hall–Kier alpha value is -1.12. The number of rotatable bonds is 2. The van der Waals surface area contributed by atoms with Gasteiger partial charge in [0.05, 0.1) is 0 Å². The van der Waals surface area contributed by atoms with E-state index in [0.29, 0.717) is 0 Å². The predicted octanol–water partition coefficient (Wildman–Crippen LogP) is 2.11. The maximum Gasteiger partial charge on any atom is 0.107 e. The Labute approximate surface area is 53.6 Å². The Kier molecular flexibility index (Phi) is 1.63. The van der Waals surface area contributed by atoms with Crippen LogP contribution in [-0.4, -0.2) is 4.98 Å². The average molecular weight is 123 g/mol. The van der Waals surface area contributed by atoms with Gasteiger partial charge < -0.3 is 4.98 Å². The zero-order valence-electron chi connectivity index (χ0n) is 5.26. The van der Waals surface area contributed by atoms with Gasteiger partial charge in [0, 0.05) is 11.9 Å². The van der Waals surface area contributed by atoms with E-state index in [2.05, 4.69) is 10.1 Å². The monoisotopic (exact) mass is 123 g/mol. The summed E-state index contributed by atoms with van der Waals surface area (Å²) in [5.41, 5.74) is 7.68. The fourth-order valence-electron chi connectivity index (χ4n) is 0.674. The van der Waals surface area contributed by atoms with Crippen LogP contribution in [-0.2, 0) is 0 Å². The van der Waals surface area contributed by atoms with Crippen molar-refractivity contribution in [3.8, 4) is 0 Å². The van der Waals surface area contributed by atoms with Crippen LogP contribution in [0.3, 0.4) is 0 Å². The molecule has 2 N–H and O–H groups in total. The SMILES string of the molecule is CC(N=N)c1ccc[nH]1. The van der Waals surface area contributed by atoms with E-state index in [-0.39, 0.29) is 6.04 Å². The Morgan fingerprint density at radius 1 is 1.78 bits per heavy atom. The summed E-state index contributed by atoms with van der Waals surface area (Å²) in [5.74, 6) is 0. The van der Waals surface area contributed by atoms with Gasteiger partial charge in [-0.25, -0.2) is 5.53 Å². The van der Waals surface area contributed by atoms with E-state index >= 15 is 0 Å². The summed E-state index contributed by atoms with van der Waals surface area (Å²) in [5, 5.41) is 3.35. The van der Waals surface area contributed by atoms with Crippen molar-refractivity contribution >= 4 is 0 Å². The molecular formula is C6H9N3. The second-order valence-electron chi connectivity index (χ2n) is 1.93. The van der Waals surface area contributed by atoms with Gasteiger partial charge in [-0.15, -0.1) is 0 Å². The molecule has 0 spiro atoms. The molecule has 0 radical (unpaired) electrons. The minimum atomic E-state index is -0.0278. The van der Waals surface area contributed by atoms with Gasteiger partial charge in [0.15, 0.2) is 0 Å². The van der Waals surface area contributed by atoms with Crippen LogP contribution in [0.2, 0.25) is 0 Å². The number of nitrogens with one attached hydrogen (secondary N) is 2. The molecule has 1 unspecified atom stereocenters. The smallest absolute Gasteiger partial charge is 0.107 e. The van der Waals surface area contributed by atoms with Crippen LogP contribution in [0.1, 0.15) is 18.7 Å². The van der Waals surface area contributed by atoms with E-state index in [0.717, 1.165) is 5.69 Å². The van der Waals surface area contributed by atoms with E-state index in [1.54, 1.807) is 0 Å². The quantitative estimate of drug-likeness (QED) is 0.566. The Bertz CT molecular complexity index is 178. The molecule has 1 aromatic rings. The third kappa shape index (κ3) is 1.16. The van der Waals surface area contributed by atoms with Crippen molar-refractivity contribution in [2.24, 2.45) is 5.11 Å². The van der Waals surface area contributed by atoms with Gasteiger partial charge >= 0.3 is 0 Å². The summed E-state index contributed by atoms with van der Waals surface area (Å²) >= 11 is 0. The number of H-pyrrole nitrogens is 1. The Morgan fingerprint density at radius 3 is 3.00 bits per heavy atom. The van der Waals surface area contributed by atoms with Gasteiger partial charge in [0.25, 0.3) is 0 Å². The summed E-state index contributed by atoms with van der Waals surface area (Å²) in [6.45, 7) is 1.87. The summed E-state index contributed by atoms with van der Waals surface area (Å²) in [6.07, 6.45) is 1.83. The summed E-state index contributed by atoms with van der Waals surface area (Å²) in [7, 11) is 0. The lowest BCUT2D eigenvalue weighted by Gasteiger charge is -1.97. The van der Waals surface area contributed by atoms with Crippen molar-refractivity contribution in [2.75, 3.05) is 0 Å². The van der Waals surface area contributed by atoms with Gasteiger partial charge in [-0.2, -0.15) is 5.11 Å². The molecule has 0 saturated carbocycles. The van der Waals surface area contributed by atoms with Crippen LogP contribution in [0.5, 0.6) is 0 Å². The first-order chi connectivity index (χ1) is 4.34. The second kappa shape index (κ2) is 2.44. The zero-order chi connectivity index (χ0) is 6.69. The van der Waals surface area contributed by atoms with Gasteiger partial charge in [-0.1, -0.05) is 0 Å². The minimum Gasteiger partial charge on any atom is -0.363 e. The largest absolute Gasteiger partial charge is 0.363 e. The van der Waals surface area contributed by atoms with E-state index < -0.39 is 0 Å². The lowest BCUT2D eigenvalue weighted by Crippen LogP contribution is -1.85. The maximum atomic E-state index is 6.69. The summed E-state index contributed by atoms with van der Waals surface area (Å²) in [6, 6.07) is 3.79. The second-order valence-corrected chi connectivity index (χ2v) is 1.93. The normalized spacial score (nSPS) is 13.0. The summed E-state index contributed by atoms with van der Waals surface area (Å²) < 4.78 is 0. The van der Waals surface area contributed by atoms with Crippen LogP contribution in [0, 0.1) is 5.53 Å². The van der Waals surface area contributed by atoms with Gasteiger partial charge in [0.1, 0.15) is 6.04 Å². The molecule has 1 rings (SSSR count). The molecule has 0 aliphatic carbocycles. The van der Waals surface area contributed by atoms with Crippen molar-refractivity contribution in [3.63, 3.8) is 0 Å². The number of hydrogen-bond donors (Lipinski definition) is 2. The molecular weight excluding hydrogens is 114 g/mol. The molecule has 9 heavy (non-hydrogen) atoms. The maximum absolute atomic E-state index is 6.69. The van der Waals surface area contributed by atoms with Gasteiger partial charge in [-0.3, -0.25) is 0 Å². The molecule has 1 atom stereocenters. The molecule has 0 saturated heterocycles. The van der Waals surface area contributed by atoms with E-state index in [1.807, 2.05) is 25.3 Å². The molecule has 0 aliphatic rings. The highest BCUT2D eigenvalue weighted by Crippen LogP contribution is 2.11. The molecule has 0 aromatic carbocycles. The van der Waals surface area contributed by atoms with E-state index in [4.69, 9.17) is 5.53 Å². The lowest BCUT2D eigenvalue weighted by atomic mass is 10.3. The van der Waals surface area contributed by atoms with Crippen LogP contribution in [0.15, 0.2) is 23.4 Å². The first-order valence-electron chi connectivity index (χ1n) is 2.84. The first kappa shape index (κ1) is 6.01. The van der Waals surface area contributed by atoms with Crippen LogP contribution in [0.25, 0.3) is 0 Å². The molecule has 1 aromatic heterocycles. The van der Waals surface area contributed by atoms with Crippen molar-refractivity contribution in [1.29, 1.82) is 5.53 Å². The topological polar surface area (TPSA) is 52.0 Å². The fourth-order valence-corrected chi connectivity index (χ4v) is 0.674. The highest BCUT2D eigenvalue weighted by Gasteiger charge is 2.00. The molecule has 0 bridgehead atoms. The third-order valence-electron chi connectivity index (χ3n) is 1.27. The fraction of sp³-hybridized carbons (Fsp3) is 0.333. The first-order valence-corrected chi connectivity index (χ1v) is 2.84. The van der Waals surface area contributed by atoms with Crippen LogP contribution in [0.4, 0.5) is 0 Å². The lowest BCUT2D eigenvalue weighted by molar-refractivity contribution is 0.714. The highest BCUT2D eigenvalue weighted by atomic mass is 15.0. The molecule has 0 fully saturated rings. The molecule has 3 nitrogen and oxygen atoms in total. The third-order valence-corrected chi connectivity index (χ3v) is 1.27. The molecule has 0 aliphatic heterocycles. The van der Waals surface area contributed by atoms with Crippen molar-refractivity contribution in [2.45, 2.75) is 13.0 Å². The standard InChI is InChI=1S/C6H9N3/c1-5(9-7)6-3-2-4-8-6/h2-5,7-8H,1H3. The summed E-state index contributed by atoms with van der Waals surface area (Å²) in [4.78, 5) is 2.97. The Morgan fingerprint density at radius 2 is 2.56 bits per heavy atom. The zero-order valence-corrected chi connectivity index (χ0v) is 5.26. The number of hydrogen-bond acceptors (Lipinski definition) is 2. The number of aromatic nitrogens is 1. The van der Waals surface area contributed by atoms with Gasteiger partial charge in [-0.05, 0) is 19.1 Å².